The molecule has 1 aliphatic rings. The molecule has 0 spiro atoms. The molecule has 0 aromatic heterocycles. The minimum absolute atomic E-state index is 0.0322. The van der Waals surface area contributed by atoms with Gasteiger partial charge in [-0.05, 0) is 51.4 Å². The van der Waals surface area contributed by atoms with E-state index in [9.17, 15) is 4.79 Å². The van der Waals surface area contributed by atoms with E-state index < -0.39 is 0 Å². The summed E-state index contributed by atoms with van der Waals surface area (Å²) in [6.45, 7) is 5.70. The molecule has 1 unspecified atom stereocenters. The molecule has 1 saturated heterocycles. The Bertz CT molecular complexity index is 452. The Morgan fingerprint density at radius 3 is 3.05 bits per heavy atom. The molecule has 116 valence electrons. The molecule has 21 heavy (non-hydrogen) atoms. The van der Waals surface area contributed by atoms with Gasteiger partial charge >= 0.3 is 0 Å². The van der Waals surface area contributed by atoms with E-state index in [1.807, 2.05) is 32.0 Å². The van der Waals surface area contributed by atoms with Crippen LogP contribution in [0.15, 0.2) is 24.3 Å². The average molecular weight is 290 g/mol. The van der Waals surface area contributed by atoms with Crippen LogP contribution >= 0.6 is 0 Å². The highest BCUT2D eigenvalue weighted by molar-refractivity contribution is 5.94. The Kier molecular flexibility index (Phi) is 6.05. The fourth-order valence-electron chi connectivity index (χ4n) is 2.58. The van der Waals surface area contributed by atoms with Gasteiger partial charge in [-0.15, -0.1) is 0 Å². The lowest BCUT2D eigenvalue weighted by Gasteiger charge is -2.16. The third-order valence-electron chi connectivity index (χ3n) is 3.64. The van der Waals surface area contributed by atoms with Crippen LogP contribution in [0.3, 0.4) is 0 Å². The number of hydrogen-bond acceptors (Lipinski definition) is 3. The quantitative estimate of drug-likeness (QED) is 0.876. The number of ether oxygens (including phenoxy) is 1. The predicted molar refractivity (Wildman–Crippen MR) is 84.8 cm³/mol. The Morgan fingerprint density at radius 2 is 2.24 bits per heavy atom. The van der Waals surface area contributed by atoms with Gasteiger partial charge in [-0.25, -0.2) is 0 Å². The van der Waals surface area contributed by atoms with Crippen LogP contribution in [0.2, 0.25) is 0 Å². The van der Waals surface area contributed by atoms with E-state index in [4.69, 9.17) is 4.74 Å². The maximum atomic E-state index is 12.2. The van der Waals surface area contributed by atoms with Crippen LogP contribution in [0.5, 0.6) is 5.75 Å². The molecule has 4 nitrogen and oxygen atoms in total. The lowest BCUT2D eigenvalue weighted by Crippen LogP contribution is -2.40. The van der Waals surface area contributed by atoms with Gasteiger partial charge in [-0.3, -0.25) is 4.79 Å². The molecular formula is C17H26N2O2. The minimum Gasteiger partial charge on any atom is -0.491 e. The zero-order chi connectivity index (χ0) is 15.1. The number of rotatable bonds is 5. The summed E-state index contributed by atoms with van der Waals surface area (Å²) in [5.41, 5.74) is 0.654. The standard InChI is InChI=1S/C17H26N2O2/c1-13(2)21-16-9-6-7-14(11-16)17(20)19-12-15-8-4-3-5-10-18-15/h6-7,9,11,13,15,18H,3-5,8,10,12H2,1-2H3,(H,19,20). The molecule has 0 bridgehead atoms. The first-order valence-corrected chi connectivity index (χ1v) is 7.93. The van der Waals surface area contributed by atoms with Gasteiger partial charge in [0.15, 0.2) is 0 Å². The van der Waals surface area contributed by atoms with Gasteiger partial charge in [-0.1, -0.05) is 18.9 Å². The lowest BCUT2D eigenvalue weighted by atomic mass is 10.1. The minimum atomic E-state index is -0.0322. The maximum absolute atomic E-state index is 12.2. The SMILES string of the molecule is CC(C)Oc1cccc(C(=O)NCC2CCCCCN2)c1. The first kappa shape index (κ1) is 15.8. The first-order chi connectivity index (χ1) is 10.1. The van der Waals surface area contributed by atoms with Gasteiger partial charge < -0.3 is 15.4 Å². The second kappa shape index (κ2) is 8.03. The zero-order valence-corrected chi connectivity index (χ0v) is 13.0. The summed E-state index contributed by atoms with van der Waals surface area (Å²) in [7, 11) is 0. The Morgan fingerprint density at radius 1 is 1.38 bits per heavy atom. The molecule has 1 aliphatic heterocycles. The second-order valence-corrected chi connectivity index (χ2v) is 5.90. The van der Waals surface area contributed by atoms with Crippen molar-refractivity contribution in [2.24, 2.45) is 0 Å². The van der Waals surface area contributed by atoms with Crippen LogP contribution in [0.4, 0.5) is 0 Å². The third kappa shape index (κ3) is 5.38. The van der Waals surface area contributed by atoms with Gasteiger partial charge in [0.1, 0.15) is 5.75 Å². The number of carbonyl (C=O) groups is 1. The van der Waals surface area contributed by atoms with Crippen LogP contribution in [0.1, 0.15) is 49.9 Å². The molecular weight excluding hydrogens is 264 g/mol. The monoisotopic (exact) mass is 290 g/mol. The first-order valence-electron chi connectivity index (χ1n) is 7.93. The molecule has 1 aromatic carbocycles. The van der Waals surface area contributed by atoms with Crippen LogP contribution in [-0.2, 0) is 0 Å². The van der Waals surface area contributed by atoms with Crippen molar-refractivity contribution in [2.45, 2.75) is 51.7 Å². The summed E-state index contributed by atoms with van der Waals surface area (Å²) in [5, 5.41) is 6.51. The molecule has 0 radical (unpaired) electrons. The molecule has 0 saturated carbocycles. The third-order valence-corrected chi connectivity index (χ3v) is 3.64. The summed E-state index contributed by atoms with van der Waals surface area (Å²) in [4.78, 5) is 12.2. The lowest BCUT2D eigenvalue weighted by molar-refractivity contribution is 0.0948. The topological polar surface area (TPSA) is 50.4 Å². The van der Waals surface area contributed by atoms with Crippen LogP contribution in [0.25, 0.3) is 0 Å². The molecule has 4 heteroatoms. The highest BCUT2D eigenvalue weighted by Gasteiger charge is 2.13. The summed E-state index contributed by atoms with van der Waals surface area (Å²) >= 11 is 0. The highest BCUT2D eigenvalue weighted by Crippen LogP contribution is 2.15. The van der Waals surface area contributed by atoms with Gasteiger partial charge in [0.25, 0.3) is 5.91 Å². The summed E-state index contributed by atoms with van der Waals surface area (Å²) in [5.74, 6) is 0.709. The normalized spacial score (nSPS) is 19.1. The molecule has 0 aliphatic carbocycles. The summed E-state index contributed by atoms with van der Waals surface area (Å²) in [6, 6.07) is 7.76. The van der Waals surface area contributed by atoms with Gasteiger partial charge in [0.05, 0.1) is 6.10 Å². The average Bonchev–Trinajstić information content (AvgIpc) is 2.73. The van der Waals surface area contributed by atoms with E-state index >= 15 is 0 Å². The van der Waals surface area contributed by atoms with Crippen molar-refractivity contribution in [3.8, 4) is 5.75 Å². The smallest absolute Gasteiger partial charge is 0.251 e. The van der Waals surface area contributed by atoms with Crippen LogP contribution in [-0.4, -0.2) is 31.1 Å². The van der Waals surface area contributed by atoms with Crippen LogP contribution < -0.4 is 15.4 Å². The van der Waals surface area contributed by atoms with E-state index in [2.05, 4.69) is 10.6 Å². The van der Waals surface area contributed by atoms with E-state index in [1.54, 1.807) is 6.07 Å². The van der Waals surface area contributed by atoms with Crippen molar-refractivity contribution in [3.05, 3.63) is 29.8 Å². The van der Waals surface area contributed by atoms with E-state index in [-0.39, 0.29) is 12.0 Å². The van der Waals surface area contributed by atoms with Crippen LogP contribution in [0, 0.1) is 0 Å². The maximum Gasteiger partial charge on any atom is 0.251 e. The van der Waals surface area contributed by atoms with Crippen molar-refractivity contribution >= 4 is 5.91 Å². The number of benzene rings is 1. The zero-order valence-electron chi connectivity index (χ0n) is 13.0. The molecule has 1 heterocycles. The van der Waals surface area contributed by atoms with Crippen molar-refractivity contribution in [1.82, 2.24) is 10.6 Å². The van der Waals surface area contributed by atoms with Gasteiger partial charge in [0.2, 0.25) is 0 Å². The molecule has 2 rings (SSSR count). The van der Waals surface area contributed by atoms with E-state index in [1.165, 1.54) is 19.3 Å². The highest BCUT2D eigenvalue weighted by atomic mass is 16.5. The van der Waals surface area contributed by atoms with E-state index in [0.717, 1.165) is 18.7 Å². The summed E-state index contributed by atoms with van der Waals surface area (Å²) < 4.78 is 5.62. The Balaban J connectivity index is 1.87. The molecule has 2 N–H and O–H groups in total. The van der Waals surface area contributed by atoms with E-state index in [0.29, 0.717) is 18.2 Å². The largest absolute Gasteiger partial charge is 0.491 e. The van der Waals surface area contributed by atoms with Crippen molar-refractivity contribution in [3.63, 3.8) is 0 Å². The predicted octanol–water partition coefficient (Wildman–Crippen LogP) is 2.74. The number of amides is 1. The number of hydrogen-bond donors (Lipinski definition) is 2. The molecule has 1 atom stereocenters. The Hall–Kier alpha value is -1.55. The molecule has 1 aromatic rings. The van der Waals surface area contributed by atoms with Crippen molar-refractivity contribution < 1.29 is 9.53 Å². The van der Waals surface area contributed by atoms with Gasteiger partial charge in [0, 0.05) is 18.2 Å². The van der Waals surface area contributed by atoms with Crippen molar-refractivity contribution in [2.75, 3.05) is 13.1 Å². The van der Waals surface area contributed by atoms with Crippen molar-refractivity contribution in [1.29, 1.82) is 0 Å². The fourth-order valence-corrected chi connectivity index (χ4v) is 2.58. The molecule has 1 amide bonds. The number of carbonyl (C=O) groups excluding carboxylic acids is 1. The summed E-state index contributed by atoms with van der Waals surface area (Å²) in [6.07, 6.45) is 5.01. The fraction of sp³-hybridized carbons (Fsp3) is 0.588. The Labute approximate surface area is 127 Å². The van der Waals surface area contributed by atoms with Gasteiger partial charge in [-0.2, -0.15) is 0 Å². The number of nitrogens with one attached hydrogen (secondary N) is 2. The second-order valence-electron chi connectivity index (χ2n) is 5.90. The molecule has 1 fully saturated rings.